The molecule has 0 bridgehead atoms. The number of nitrogens with two attached hydrogens (primary N) is 1. The fraction of sp³-hybridized carbons (Fsp3) is 0.222. The first kappa shape index (κ1) is 12.2. The van der Waals surface area contributed by atoms with E-state index in [0.29, 0.717) is 5.75 Å². The van der Waals surface area contributed by atoms with Crippen LogP contribution in [0.4, 0.5) is 0 Å². The van der Waals surface area contributed by atoms with Gasteiger partial charge in [0.05, 0.1) is 0 Å². The van der Waals surface area contributed by atoms with Gasteiger partial charge in [0.2, 0.25) is 0 Å². The van der Waals surface area contributed by atoms with E-state index in [-0.39, 0.29) is 17.1 Å². The fourth-order valence-corrected chi connectivity index (χ4v) is 0.698. The average molecular weight is 221 g/mol. The van der Waals surface area contributed by atoms with Crippen LogP contribution in [0.2, 0.25) is 0 Å². The largest absolute Gasteiger partial charge is 0.425 e. The van der Waals surface area contributed by atoms with Crippen molar-refractivity contribution in [1.82, 2.24) is 0 Å². The van der Waals surface area contributed by atoms with E-state index in [1.165, 1.54) is 0 Å². The van der Waals surface area contributed by atoms with Crippen molar-refractivity contribution >= 4 is 5.97 Å². The monoisotopic (exact) mass is 221 g/mol. The third-order valence-corrected chi connectivity index (χ3v) is 1.33. The van der Waals surface area contributed by atoms with Crippen molar-refractivity contribution in [3.63, 3.8) is 0 Å². The number of esters is 1. The van der Waals surface area contributed by atoms with Crippen molar-refractivity contribution in [3.05, 3.63) is 30.3 Å². The molecule has 1 rings (SSSR count). The molecule has 3 nitrogen and oxygen atoms in total. The van der Waals surface area contributed by atoms with Gasteiger partial charge in [-0.3, -0.25) is 0 Å². The van der Waals surface area contributed by atoms with E-state index in [0.717, 1.165) is 0 Å². The zero-order chi connectivity index (χ0) is 8.97. The van der Waals surface area contributed by atoms with Crippen LogP contribution in [0.25, 0.3) is 0 Å². The van der Waals surface area contributed by atoms with E-state index in [1.54, 1.807) is 31.2 Å². The molecule has 72 valence electrons. The van der Waals surface area contributed by atoms with Gasteiger partial charge in [-0.1, -0.05) is 18.2 Å². The first-order valence-corrected chi connectivity index (χ1v) is 3.72. The Balaban J connectivity index is 0.00000144. The number of hydrogen-bond acceptors (Lipinski definition) is 3. The van der Waals surface area contributed by atoms with E-state index in [4.69, 9.17) is 10.5 Å². The van der Waals surface area contributed by atoms with Gasteiger partial charge in [0, 0.05) is 17.1 Å². The normalized spacial score (nSPS) is 11.2. The molecule has 0 heterocycles. The summed E-state index contributed by atoms with van der Waals surface area (Å²) < 4.78 is 4.91. The molecule has 2 N–H and O–H groups in total. The summed E-state index contributed by atoms with van der Waals surface area (Å²) in [7, 11) is 0. The minimum absolute atomic E-state index is 0. The van der Waals surface area contributed by atoms with Crippen LogP contribution in [0.5, 0.6) is 5.75 Å². The Bertz CT molecular complexity index is 262. The maximum absolute atomic E-state index is 11.0. The third-order valence-electron chi connectivity index (χ3n) is 1.33. The molecule has 0 aliphatic rings. The summed E-state index contributed by atoms with van der Waals surface area (Å²) in [5, 5.41) is 0. The van der Waals surface area contributed by atoms with Crippen molar-refractivity contribution in [2.75, 3.05) is 0 Å². The molecule has 0 saturated heterocycles. The summed E-state index contributed by atoms with van der Waals surface area (Å²) >= 11 is 0. The average Bonchev–Trinajstić information content (AvgIpc) is 2.06. The number of carbonyl (C=O) groups excluding carboxylic acids is 1. The predicted molar refractivity (Wildman–Crippen MR) is 45.7 cm³/mol. The third kappa shape index (κ3) is 4.08. The Morgan fingerprint density at radius 1 is 1.38 bits per heavy atom. The van der Waals surface area contributed by atoms with Crippen LogP contribution in [-0.4, -0.2) is 12.0 Å². The van der Waals surface area contributed by atoms with Gasteiger partial charge in [-0.25, -0.2) is 4.79 Å². The molecule has 0 spiro atoms. The summed E-state index contributed by atoms with van der Waals surface area (Å²) in [6, 6.07) is 8.28. The first-order chi connectivity index (χ1) is 5.70. The van der Waals surface area contributed by atoms with Gasteiger partial charge < -0.3 is 10.5 Å². The molecule has 0 amide bonds. The topological polar surface area (TPSA) is 52.3 Å². The van der Waals surface area contributed by atoms with Crippen LogP contribution in [0, 0.1) is 0 Å². The van der Waals surface area contributed by atoms with Crippen molar-refractivity contribution in [2.45, 2.75) is 13.0 Å². The molecule has 1 aromatic rings. The van der Waals surface area contributed by atoms with Gasteiger partial charge in [0.15, 0.2) is 0 Å². The molecule has 0 unspecified atom stereocenters. The fourth-order valence-electron chi connectivity index (χ4n) is 0.698. The molecule has 0 aliphatic heterocycles. The van der Waals surface area contributed by atoms with Crippen LogP contribution in [-0.2, 0) is 21.9 Å². The Morgan fingerprint density at radius 2 is 1.92 bits per heavy atom. The van der Waals surface area contributed by atoms with Crippen LogP contribution in [0.3, 0.4) is 0 Å². The Hall–Kier alpha value is -0.831. The van der Waals surface area contributed by atoms with E-state index >= 15 is 0 Å². The Labute approximate surface area is 87.7 Å². The predicted octanol–water partition coefficient (Wildman–Crippen LogP) is 0.937. The first-order valence-electron chi connectivity index (χ1n) is 3.72. The van der Waals surface area contributed by atoms with Gasteiger partial charge >= 0.3 is 5.97 Å². The van der Waals surface area contributed by atoms with Crippen molar-refractivity contribution in [2.24, 2.45) is 5.73 Å². The zero-order valence-electron chi connectivity index (χ0n) is 7.21. The van der Waals surface area contributed by atoms with Crippen LogP contribution >= 0.6 is 0 Å². The summed E-state index contributed by atoms with van der Waals surface area (Å²) in [5.41, 5.74) is 5.31. The van der Waals surface area contributed by atoms with Crippen molar-refractivity contribution in [1.29, 1.82) is 0 Å². The van der Waals surface area contributed by atoms with Gasteiger partial charge in [0.1, 0.15) is 11.8 Å². The van der Waals surface area contributed by atoms with Crippen LogP contribution in [0.15, 0.2) is 30.3 Å². The Kier molecular flexibility index (Phi) is 5.39. The number of ether oxygens (including phenoxy) is 1. The molecule has 1 atom stereocenters. The molecule has 0 aromatic heterocycles. The molecule has 0 fully saturated rings. The molecule has 0 saturated carbocycles. The van der Waals surface area contributed by atoms with Crippen LogP contribution in [0.1, 0.15) is 6.92 Å². The van der Waals surface area contributed by atoms with Gasteiger partial charge in [-0.05, 0) is 19.1 Å². The number of hydrogen-bond donors (Lipinski definition) is 1. The molecule has 4 heteroatoms. The summed E-state index contributed by atoms with van der Waals surface area (Å²) in [5.74, 6) is 0.112. The smallest absolute Gasteiger partial charge is 0.328 e. The zero-order valence-corrected chi connectivity index (χ0v) is 8.32. The molecular formula is C9H11FeNO2. The molecule has 0 aliphatic carbocycles. The maximum atomic E-state index is 11.0. The molecule has 0 radical (unpaired) electrons. The van der Waals surface area contributed by atoms with E-state index in [9.17, 15) is 4.79 Å². The summed E-state index contributed by atoms with van der Waals surface area (Å²) in [4.78, 5) is 11.0. The standard InChI is InChI=1S/C9H11NO2.Fe/c1-7(10)9(11)12-8-5-3-2-4-6-8;/h2-7H,10H2,1H3;/t7-;/m0./s1. The molecular weight excluding hydrogens is 210 g/mol. The maximum Gasteiger partial charge on any atom is 0.328 e. The van der Waals surface area contributed by atoms with E-state index < -0.39 is 12.0 Å². The van der Waals surface area contributed by atoms with E-state index in [2.05, 4.69) is 0 Å². The summed E-state index contributed by atoms with van der Waals surface area (Å²) in [6.45, 7) is 1.59. The van der Waals surface area contributed by atoms with Crippen LogP contribution < -0.4 is 10.5 Å². The second-order valence-corrected chi connectivity index (χ2v) is 2.52. The minimum Gasteiger partial charge on any atom is -0.425 e. The number of para-hydroxylation sites is 1. The number of carbonyl (C=O) groups is 1. The Morgan fingerprint density at radius 3 is 2.38 bits per heavy atom. The van der Waals surface area contributed by atoms with Gasteiger partial charge in [-0.15, -0.1) is 0 Å². The second kappa shape index (κ2) is 5.75. The van der Waals surface area contributed by atoms with Gasteiger partial charge in [-0.2, -0.15) is 0 Å². The number of rotatable bonds is 2. The second-order valence-electron chi connectivity index (χ2n) is 2.52. The van der Waals surface area contributed by atoms with Gasteiger partial charge in [0.25, 0.3) is 0 Å². The SMILES string of the molecule is C[C@H](N)C(=O)Oc1ccccc1.[Fe]. The molecule has 1 aromatic carbocycles. The quantitative estimate of drug-likeness (QED) is 0.459. The molecule has 13 heavy (non-hydrogen) atoms. The van der Waals surface area contributed by atoms with Crippen molar-refractivity contribution < 1.29 is 26.6 Å². The summed E-state index contributed by atoms with van der Waals surface area (Å²) in [6.07, 6.45) is 0. The minimum atomic E-state index is -0.579. The van der Waals surface area contributed by atoms with E-state index in [1.807, 2.05) is 6.07 Å². The van der Waals surface area contributed by atoms with Crippen molar-refractivity contribution in [3.8, 4) is 5.75 Å². The number of benzene rings is 1.